The van der Waals surface area contributed by atoms with E-state index >= 15 is 0 Å². The van der Waals surface area contributed by atoms with Gasteiger partial charge in [-0.25, -0.2) is 22.4 Å². The molecule has 3 fully saturated rings. The topological polar surface area (TPSA) is 198 Å². The second kappa shape index (κ2) is 15.1. The predicted molar refractivity (Wildman–Crippen MR) is 188 cm³/mol. The van der Waals surface area contributed by atoms with Gasteiger partial charge in [-0.1, -0.05) is 31.1 Å². The van der Waals surface area contributed by atoms with Crippen molar-refractivity contribution >= 4 is 45.7 Å². The molecule has 5 rings (SSSR count). The summed E-state index contributed by atoms with van der Waals surface area (Å²) < 4.78 is 53.0. The molecule has 1 aromatic carbocycles. The molecule has 0 radical (unpaired) electrons. The van der Waals surface area contributed by atoms with Crippen molar-refractivity contribution in [2.45, 2.75) is 128 Å². The molecule has 2 saturated carbocycles. The molecule has 5 unspecified atom stereocenters. The third-order valence-electron chi connectivity index (χ3n) is 9.69. The molecule has 0 bridgehead atoms. The molecule has 1 aromatic rings. The van der Waals surface area contributed by atoms with E-state index < -0.39 is 92.5 Å². The molecular weight excluding hydrogens is 713 g/mol. The number of benzene rings is 1. The zero-order valence-corrected chi connectivity index (χ0v) is 31.6. The number of alkyl carbamates (subject to hydrolysis) is 1. The van der Waals surface area contributed by atoms with Crippen molar-refractivity contribution in [1.82, 2.24) is 25.2 Å². The quantitative estimate of drug-likeness (QED) is 0.266. The van der Waals surface area contributed by atoms with Gasteiger partial charge in [-0.3, -0.25) is 28.8 Å². The summed E-state index contributed by atoms with van der Waals surface area (Å²) >= 11 is 0. The zero-order chi connectivity index (χ0) is 39.0. The fourth-order valence-corrected chi connectivity index (χ4v) is 8.19. The molecule has 0 aromatic heterocycles. The number of likely N-dealkylation sites (tertiary alicyclic amines) is 1. The minimum Gasteiger partial charge on any atom is -0.444 e. The van der Waals surface area contributed by atoms with Crippen molar-refractivity contribution in [1.29, 1.82) is 0 Å². The van der Waals surface area contributed by atoms with E-state index in [0.29, 0.717) is 36.0 Å². The lowest BCUT2D eigenvalue weighted by atomic mass is 10.1. The number of hydrogen-bond donors (Lipinski definition) is 3. The number of nitrogens with one attached hydrogen (secondary N) is 3. The number of allylic oxidation sites excluding steroid dienone is 2. The Balaban J connectivity index is 1.40. The van der Waals surface area contributed by atoms with Crippen molar-refractivity contribution in [3.05, 3.63) is 46.8 Å². The Morgan fingerprint density at radius 3 is 2.38 bits per heavy atom. The van der Waals surface area contributed by atoms with Gasteiger partial charge in [0, 0.05) is 24.9 Å². The largest absolute Gasteiger partial charge is 0.444 e. The molecule has 0 spiro atoms. The molecule has 5 amide bonds. The van der Waals surface area contributed by atoms with Gasteiger partial charge >= 0.3 is 12.2 Å². The molecule has 3 N–H and O–H groups in total. The summed E-state index contributed by atoms with van der Waals surface area (Å²) in [6.45, 7) is 9.73. The number of halogens is 1. The average molecular weight is 762 g/mol. The van der Waals surface area contributed by atoms with E-state index in [1.165, 1.54) is 23.1 Å². The van der Waals surface area contributed by atoms with Crippen LogP contribution in [-0.2, 0) is 51.8 Å². The Labute approximate surface area is 308 Å². The van der Waals surface area contributed by atoms with E-state index in [-0.39, 0.29) is 38.4 Å². The van der Waals surface area contributed by atoms with Crippen LogP contribution in [0, 0.1) is 11.7 Å². The van der Waals surface area contributed by atoms with Gasteiger partial charge in [0.1, 0.15) is 35.1 Å². The number of hydrogen-bond acceptors (Lipinski definition) is 10. The SMILES string of the molecule is CCC1CC1(NC(=O)C1CC(OC(=O)N2Cc3cccc(F)c3C2)CN1C(=O)C(CC(=O)C=C(C)C)NC(=O)OC(C)(C)C)C(=O)NS(=O)(=O)C1CC1. The van der Waals surface area contributed by atoms with Crippen LogP contribution >= 0.6 is 0 Å². The zero-order valence-electron chi connectivity index (χ0n) is 30.8. The number of ketones is 1. The van der Waals surface area contributed by atoms with Gasteiger partial charge in [0.25, 0.3) is 5.91 Å². The fourth-order valence-electron chi connectivity index (χ4n) is 6.83. The number of rotatable bonds is 12. The highest BCUT2D eigenvalue weighted by Gasteiger charge is 2.62. The number of amides is 5. The molecule has 17 heteroatoms. The first kappa shape index (κ1) is 39.7. The van der Waals surface area contributed by atoms with Crippen molar-refractivity contribution in [3.8, 4) is 0 Å². The Hall–Kier alpha value is -4.54. The fraction of sp³-hybridized carbons (Fsp3) is 0.611. The van der Waals surface area contributed by atoms with Crippen LogP contribution in [0.3, 0.4) is 0 Å². The number of nitrogens with zero attached hydrogens (tertiary/aromatic N) is 2. The van der Waals surface area contributed by atoms with Gasteiger partial charge < -0.3 is 25.0 Å². The van der Waals surface area contributed by atoms with Gasteiger partial charge in [-0.05, 0) is 77.5 Å². The van der Waals surface area contributed by atoms with Crippen LogP contribution in [0.4, 0.5) is 14.0 Å². The highest BCUT2D eigenvalue weighted by molar-refractivity contribution is 7.91. The highest BCUT2D eigenvalue weighted by Crippen LogP contribution is 2.47. The maximum atomic E-state index is 14.4. The summed E-state index contributed by atoms with van der Waals surface area (Å²) in [5.74, 6) is -3.87. The highest BCUT2D eigenvalue weighted by atomic mass is 32.2. The molecule has 5 atom stereocenters. The van der Waals surface area contributed by atoms with Crippen molar-refractivity contribution in [3.63, 3.8) is 0 Å². The first-order valence-electron chi connectivity index (χ1n) is 17.8. The van der Waals surface area contributed by atoms with E-state index in [4.69, 9.17) is 9.47 Å². The van der Waals surface area contributed by atoms with Crippen molar-refractivity contribution in [2.75, 3.05) is 6.54 Å². The van der Waals surface area contributed by atoms with Crippen LogP contribution in [0.25, 0.3) is 0 Å². The summed E-state index contributed by atoms with van der Waals surface area (Å²) in [6, 6.07) is 1.66. The second-order valence-corrected chi connectivity index (χ2v) is 17.5. The molecule has 2 heterocycles. The van der Waals surface area contributed by atoms with Crippen LogP contribution in [0.5, 0.6) is 0 Å². The van der Waals surface area contributed by atoms with Crippen LogP contribution in [0.2, 0.25) is 0 Å². The van der Waals surface area contributed by atoms with Gasteiger partial charge in [0.05, 0.1) is 18.3 Å². The Morgan fingerprint density at radius 2 is 1.79 bits per heavy atom. The lowest BCUT2D eigenvalue weighted by molar-refractivity contribution is -0.141. The Kier molecular flexibility index (Phi) is 11.3. The van der Waals surface area contributed by atoms with E-state index in [1.807, 2.05) is 0 Å². The molecule has 53 heavy (non-hydrogen) atoms. The van der Waals surface area contributed by atoms with Crippen molar-refractivity contribution < 1.29 is 51.0 Å². The van der Waals surface area contributed by atoms with Gasteiger partial charge in [0.15, 0.2) is 5.78 Å². The lowest BCUT2D eigenvalue weighted by Gasteiger charge is -2.30. The second-order valence-electron chi connectivity index (χ2n) is 15.5. The molecule has 15 nitrogen and oxygen atoms in total. The summed E-state index contributed by atoms with van der Waals surface area (Å²) in [5, 5.41) is 4.48. The van der Waals surface area contributed by atoms with Gasteiger partial charge in [-0.15, -0.1) is 0 Å². The standard InChI is InChI=1S/C36H48FN5O10S/c1-7-22-16-36(22,32(46)40-53(49,50)25-11-12-25)39-30(44)29-15-24(51-34(48)41-17-21-9-8-10-27(37)26(21)19-41)18-42(29)31(45)28(14-23(43)13-20(2)3)38-33(47)52-35(4,5)6/h8-10,13,22,24-25,28-29H,7,11-12,14-19H2,1-6H3,(H,38,47)(H,39,44)(H,40,46). The minimum absolute atomic E-state index is 0.0473. The van der Waals surface area contributed by atoms with Crippen LogP contribution in [-0.4, -0.2) is 95.0 Å². The first-order valence-corrected chi connectivity index (χ1v) is 19.3. The summed E-state index contributed by atoms with van der Waals surface area (Å²) in [6.07, 6.45) is -0.817. The van der Waals surface area contributed by atoms with Gasteiger partial charge in [0.2, 0.25) is 21.8 Å². The number of ether oxygens (including phenoxy) is 2. The van der Waals surface area contributed by atoms with Crippen LogP contribution in [0.15, 0.2) is 29.8 Å². The summed E-state index contributed by atoms with van der Waals surface area (Å²) in [7, 11) is -3.94. The molecular formula is C36H48FN5O10S. The van der Waals surface area contributed by atoms with Crippen LogP contribution in [0.1, 0.15) is 91.2 Å². The molecule has 2 aliphatic carbocycles. The Morgan fingerprint density at radius 1 is 1.09 bits per heavy atom. The third kappa shape index (κ3) is 9.34. The van der Waals surface area contributed by atoms with E-state index in [2.05, 4.69) is 15.4 Å². The van der Waals surface area contributed by atoms with Gasteiger partial charge in [-0.2, -0.15) is 0 Å². The monoisotopic (exact) mass is 761 g/mol. The Bertz CT molecular complexity index is 1820. The molecule has 1 saturated heterocycles. The summed E-state index contributed by atoms with van der Waals surface area (Å²) in [5.41, 5.74) is -0.895. The first-order chi connectivity index (χ1) is 24.7. The minimum atomic E-state index is -3.94. The van der Waals surface area contributed by atoms with Crippen molar-refractivity contribution in [2.24, 2.45) is 5.92 Å². The lowest BCUT2D eigenvalue weighted by Crippen LogP contribution is -2.58. The predicted octanol–water partition coefficient (Wildman–Crippen LogP) is 2.96. The number of sulfonamides is 1. The number of fused-ring (bicyclic) bond motifs is 1. The van der Waals surface area contributed by atoms with E-state index in [0.717, 1.165) is 4.90 Å². The maximum Gasteiger partial charge on any atom is 0.410 e. The number of carbonyl (C=O) groups excluding carboxylic acids is 6. The third-order valence-corrected chi connectivity index (χ3v) is 11.5. The maximum absolute atomic E-state index is 14.4. The molecule has 4 aliphatic rings. The number of carbonyl (C=O) groups is 6. The van der Waals surface area contributed by atoms with E-state index in [1.54, 1.807) is 47.6 Å². The normalized spacial score (nSPS) is 24.0. The van der Waals surface area contributed by atoms with Crippen LogP contribution < -0.4 is 15.4 Å². The average Bonchev–Trinajstić information content (AvgIpc) is 3.93. The molecule has 2 aliphatic heterocycles. The smallest absolute Gasteiger partial charge is 0.410 e. The van der Waals surface area contributed by atoms with E-state index in [9.17, 15) is 41.6 Å². The molecule has 290 valence electrons. The summed E-state index contributed by atoms with van der Waals surface area (Å²) in [4.78, 5) is 83.4.